The van der Waals surface area contributed by atoms with E-state index in [1.807, 2.05) is 6.92 Å². The molecule has 98 valence electrons. The van der Waals surface area contributed by atoms with Gasteiger partial charge in [0.1, 0.15) is 0 Å². The Bertz CT molecular complexity index is 433. The number of aliphatic imine (C=N–C) groups is 1. The van der Waals surface area contributed by atoms with Crippen LogP contribution in [0.25, 0.3) is 0 Å². The number of thioether (sulfide) groups is 1. The minimum atomic E-state index is -2.86. The van der Waals surface area contributed by atoms with Crippen LogP contribution in [0.4, 0.5) is 0 Å². The maximum Gasteiger partial charge on any atom is 0.157 e. The molecule has 4 nitrogen and oxygen atoms in total. The smallest absolute Gasteiger partial charge is 0.157 e. The van der Waals surface area contributed by atoms with Gasteiger partial charge in [0.25, 0.3) is 0 Å². The Morgan fingerprint density at radius 3 is 2.71 bits per heavy atom. The van der Waals surface area contributed by atoms with Crippen LogP contribution in [0, 0.1) is 0 Å². The number of hydrogen-bond donors (Lipinski definition) is 1. The summed E-state index contributed by atoms with van der Waals surface area (Å²) in [4.78, 5) is 4.56. The van der Waals surface area contributed by atoms with Gasteiger partial charge in [-0.25, -0.2) is 8.42 Å². The first kappa shape index (κ1) is 13.2. The fraction of sp³-hybridized carbons (Fsp3) is 0.909. The molecule has 6 heteroatoms. The Balaban J connectivity index is 2.07. The van der Waals surface area contributed by atoms with Crippen molar-refractivity contribution in [2.75, 3.05) is 11.5 Å². The molecular weight excluding hydrogens is 256 g/mol. The zero-order valence-corrected chi connectivity index (χ0v) is 12.2. The molecule has 2 aliphatic rings. The van der Waals surface area contributed by atoms with Crippen molar-refractivity contribution in [3.05, 3.63) is 0 Å². The van der Waals surface area contributed by atoms with Crippen LogP contribution in [0.2, 0.25) is 0 Å². The third-order valence-electron chi connectivity index (χ3n) is 3.24. The van der Waals surface area contributed by atoms with Crippen molar-refractivity contribution >= 4 is 26.8 Å². The molecule has 2 heterocycles. The summed E-state index contributed by atoms with van der Waals surface area (Å²) < 4.78 is 23.1. The van der Waals surface area contributed by atoms with Crippen LogP contribution < -0.4 is 5.32 Å². The monoisotopic (exact) mass is 276 g/mol. The van der Waals surface area contributed by atoms with Crippen LogP contribution in [0.5, 0.6) is 0 Å². The summed E-state index contributed by atoms with van der Waals surface area (Å²) in [5, 5.41) is 4.81. The van der Waals surface area contributed by atoms with Gasteiger partial charge in [0.2, 0.25) is 0 Å². The molecule has 1 N–H and O–H groups in total. The molecule has 2 aliphatic heterocycles. The van der Waals surface area contributed by atoms with Crippen LogP contribution in [0.1, 0.15) is 33.6 Å². The molecule has 1 fully saturated rings. The van der Waals surface area contributed by atoms with Crippen molar-refractivity contribution < 1.29 is 8.42 Å². The van der Waals surface area contributed by atoms with E-state index in [2.05, 4.69) is 24.2 Å². The van der Waals surface area contributed by atoms with Crippen LogP contribution in [-0.4, -0.2) is 41.9 Å². The lowest BCUT2D eigenvalue weighted by molar-refractivity contribution is 0.472. The largest absolute Gasteiger partial charge is 0.359 e. The molecule has 17 heavy (non-hydrogen) atoms. The molecule has 0 saturated carbocycles. The van der Waals surface area contributed by atoms with Crippen molar-refractivity contribution in [2.45, 2.75) is 50.4 Å². The number of rotatable bonds is 1. The van der Waals surface area contributed by atoms with Crippen LogP contribution in [0.15, 0.2) is 4.99 Å². The van der Waals surface area contributed by atoms with Gasteiger partial charge in [-0.05, 0) is 26.7 Å². The molecule has 2 rings (SSSR count). The van der Waals surface area contributed by atoms with Crippen LogP contribution in [-0.2, 0) is 9.84 Å². The third-order valence-corrected chi connectivity index (χ3v) is 6.16. The van der Waals surface area contributed by atoms with E-state index in [0.717, 1.165) is 11.6 Å². The number of nitrogens with zero attached hydrogens (tertiary/aromatic N) is 1. The Morgan fingerprint density at radius 2 is 2.18 bits per heavy atom. The Labute approximate surface area is 108 Å². The lowest BCUT2D eigenvalue weighted by Gasteiger charge is -2.30. The minimum absolute atomic E-state index is 0.225. The summed E-state index contributed by atoms with van der Waals surface area (Å²) in [6, 6.07) is 0.329. The Kier molecular flexibility index (Phi) is 3.47. The first-order chi connectivity index (χ1) is 7.78. The zero-order chi connectivity index (χ0) is 12.7. The van der Waals surface area contributed by atoms with Gasteiger partial charge in [-0.3, -0.25) is 4.99 Å². The number of sulfone groups is 1. The summed E-state index contributed by atoms with van der Waals surface area (Å²) >= 11 is 1.72. The van der Waals surface area contributed by atoms with Gasteiger partial charge >= 0.3 is 0 Å². The van der Waals surface area contributed by atoms with E-state index < -0.39 is 9.84 Å². The molecule has 0 radical (unpaired) electrons. The first-order valence-electron chi connectivity index (χ1n) is 6.01. The predicted octanol–water partition coefficient (Wildman–Crippen LogP) is 1.42. The summed E-state index contributed by atoms with van der Waals surface area (Å²) in [6.07, 6.45) is 1.77. The number of nitrogens with one attached hydrogen (secondary N) is 1. The van der Waals surface area contributed by atoms with Gasteiger partial charge in [0, 0.05) is 5.25 Å². The molecule has 0 amide bonds. The highest BCUT2D eigenvalue weighted by Crippen LogP contribution is 2.28. The molecule has 3 unspecified atom stereocenters. The average molecular weight is 276 g/mol. The second-order valence-corrected chi connectivity index (χ2v) is 9.09. The van der Waals surface area contributed by atoms with E-state index in [1.54, 1.807) is 11.8 Å². The fourth-order valence-electron chi connectivity index (χ4n) is 2.43. The highest BCUT2D eigenvalue weighted by Gasteiger charge is 2.39. The van der Waals surface area contributed by atoms with Gasteiger partial charge in [0.15, 0.2) is 15.0 Å². The third kappa shape index (κ3) is 3.37. The maximum absolute atomic E-state index is 11.5. The molecule has 1 saturated heterocycles. The van der Waals surface area contributed by atoms with Crippen molar-refractivity contribution in [2.24, 2.45) is 4.99 Å². The van der Waals surface area contributed by atoms with E-state index in [1.165, 1.54) is 0 Å². The van der Waals surface area contributed by atoms with Crippen molar-refractivity contribution in [3.63, 3.8) is 0 Å². The van der Waals surface area contributed by atoms with Gasteiger partial charge in [-0.2, -0.15) is 0 Å². The van der Waals surface area contributed by atoms with Gasteiger partial charge in [-0.1, -0.05) is 18.7 Å². The highest BCUT2D eigenvalue weighted by molar-refractivity contribution is 8.14. The van der Waals surface area contributed by atoms with E-state index in [-0.39, 0.29) is 11.3 Å². The standard InChI is InChI=1S/C11H20N2O2S2/c1-8-6-9(2)16-10(12-8)13-11(3)4-5-17(14,15)7-11/h8-9H,4-7H2,1-3H3,(H,12,13). The molecule has 0 bridgehead atoms. The van der Waals surface area contributed by atoms with Crippen molar-refractivity contribution in [1.82, 2.24) is 5.32 Å². The van der Waals surface area contributed by atoms with E-state index in [4.69, 9.17) is 0 Å². The van der Waals surface area contributed by atoms with E-state index in [0.29, 0.717) is 23.5 Å². The Morgan fingerprint density at radius 1 is 1.47 bits per heavy atom. The Hall–Kier alpha value is -0.230. The van der Waals surface area contributed by atoms with Crippen LogP contribution >= 0.6 is 11.8 Å². The second-order valence-electron chi connectivity index (χ2n) is 5.48. The predicted molar refractivity (Wildman–Crippen MR) is 73.4 cm³/mol. The molecule has 0 spiro atoms. The van der Waals surface area contributed by atoms with Crippen LogP contribution in [0.3, 0.4) is 0 Å². The average Bonchev–Trinajstić information content (AvgIpc) is 2.37. The molecule has 0 aromatic carbocycles. The van der Waals surface area contributed by atoms with Gasteiger partial charge in [0.05, 0.1) is 23.1 Å². The topological polar surface area (TPSA) is 58.5 Å². The van der Waals surface area contributed by atoms with E-state index in [9.17, 15) is 8.42 Å². The first-order valence-corrected chi connectivity index (χ1v) is 8.71. The van der Waals surface area contributed by atoms with Crippen molar-refractivity contribution in [1.29, 1.82) is 0 Å². The highest BCUT2D eigenvalue weighted by atomic mass is 32.2. The minimum Gasteiger partial charge on any atom is -0.359 e. The van der Waals surface area contributed by atoms with E-state index >= 15 is 0 Å². The SMILES string of the molecule is CC1CC(C)SC(NC2(C)CCS(=O)(=O)C2)=N1. The summed E-state index contributed by atoms with van der Waals surface area (Å²) in [6.45, 7) is 6.27. The quantitative estimate of drug-likeness (QED) is 0.787. The molecule has 0 aromatic heterocycles. The molecule has 0 aliphatic carbocycles. The zero-order valence-electron chi connectivity index (χ0n) is 10.6. The number of amidine groups is 1. The maximum atomic E-state index is 11.5. The fourth-order valence-corrected chi connectivity index (χ4v) is 5.83. The summed E-state index contributed by atoms with van der Waals surface area (Å²) in [7, 11) is -2.86. The lowest BCUT2D eigenvalue weighted by atomic mass is 10.0. The molecular formula is C11H20N2O2S2. The van der Waals surface area contributed by atoms with Crippen molar-refractivity contribution in [3.8, 4) is 0 Å². The normalized spacial score (nSPS) is 41.0. The number of hydrogen-bond acceptors (Lipinski definition) is 5. The lowest BCUT2D eigenvalue weighted by Crippen LogP contribution is -2.47. The summed E-state index contributed by atoms with van der Waals surface area (Å²) in [5.74, 6) is 0.516. The van der Waals surface area contributed by atoms with Gasteiger partial charge in [-0.15, -0.1) is 0 Å². The molecule has 3 atom stereocenters. The summed E-state index contributed by atoms with van der Waals surface area (Å²) in [5.41, 5.74) is -0.332. The molecule has 0 aromatic rings. The second kappa shape index (κ2) is 4.46. The van der Waals surface area contributed by atoms with Gasteiger partial charge < -0.3 is 5.32 Å².